The van der Waals surface area contributed by atoms with Gasteiger partial charge in [-0.15, -0.1) is 0 Å². The molecule has 2 heterocycles. The maximum Gasteiger partial charge on any atom is 0.419 e. The summed E-state index contributed by atoms with van der Waals surface area (Å²) >= 11 is 12.4. The normalized spacial score (nSPS) is 21.4. The highest BCUT2D eigenvalue weighted by Crippen LogP contribution is 2.36. The van der Waals surface area contributed by atoms with Crippen LogP contribution < -0.4 is 0 Å². The Kier molecular flexibility index (Phi) is 8.46. The van der Waals surface area contributed by atoms with Gasteiger partial charge in [0.2, 0.25) is 5.91 Å². The average Bonchev–Trinajstić information content (AvgIpc) is 3.27. The number of halogens is 6. The van der Waals surface area contributed by atoms with Crippen LogP contribution in [0.2, 0.25) is 10.0 Å². The maximum absolute atomic E-state index is 14.2. The van der Waals surface area contributed by atoms with Crippen LogP contribution in [0.15, 0.2) is 36.4 Å². The summed E-state index contributed by atoms with van der Waals surface area (Å²) < 4.78 is 58.4. The minimum Gasteiger partial charge on any atom is -0.379 e. The summed E-state index contributed by atoms with van der Waals surface area (Å²) in [7, 11) is 1.82. The summed E-state index contributed by atoms with van der Waals surface area (Å²) in [5.74, 6) is -1.42. The van der Waals surface area contributed by atoms with Crippen LogP contribution >= 0.6 is 23.2 Å². The van der Waals surface area contributed by atoms with E-state index in [9.17, 15) is 22.4 Å². The lowest BCUT2D eigenvalue weighted by atomic mass is 9.93. The van der Waals surface area contributed by atoms with Crippen LogP contribution in [0.4, 0.5) is 17.6 Å². The SMILES string of the molecule is CN(Cc1ccc(C(F)(F)F)c(F)c1)[C@@H]1CN(C(=O)CN2CCOCC2)C[C@@H]1c1ccc(Cl)c(Cl)c1. The van der Waals surface area contributed by atoms with Crippen molar-refractivity contribution in [3.63, 3.8) is 0 Å². The topological polar surface area (TPSA) is 36.0 Å². The van der Waals surface area contributed by atoms with Gasteiger partial charge in [-0.25, -0.2) is 4.39 Å². The van der Waals surface area contributed by atoms with E-state index in [0.717, 1.165) is 17.7 Å². The molecule has 1 amide bonds. The molecule has 4 rings (SSSR count). The minimum absolute atomic E-state index is 0.00145. The van der Waals surface area contributed by atoms with Gasteiger partial charge in [0.25, 0.3) is 0 Å². The second kappa shape index (κ2) is 11.2. The van der Waals surface area contributed by atoms with Gasteiger partial charge in [0, 0.05) is 44.7 Å². The molecule has 0 radical (unpaired) electrons. The number of hydrogen-bond donors (Lipinski definition) is 0. The van der Waals surface area contributed by atoms with Crippen LogP contribution in [-0.2, 0) is 22.3 Å². The van der Waals surface area contributed by atoms with E-state index in [-0.39, 0.29) is 31.0 Å². The van der Waals surface area contributed by atoms with Crippen molar-refractivity contribution in [3.05, 3.63) is 69.0 Å². The Labute approximate surface area is 217 Å². The molecular formula is C25H27Cl2F4N3O2. The minimum atomic E-state index is -4.75. The van der Waals surface area contributed by atoms with Gasteiger partial charge >= 0.3 is 6.18 Å². The van der Waals surface area contributed by atoms with Crippen molar-refractivity contribution in [2.45, 2.75) is 24.7 Å². The summed E-state index contributed by atoms with van der Waals surface area (Å²) in [4.78, 5) is 18.9. The molecule has 0 aliphatic carbocycles. The third-order valence-electron chi connectivity index (χ3n) is 6.81. The zero-order chi connectivity index (χ0) is 26.0. The molecular weight excluding hydrogens is 521 g/mol. The lowest BCUT2D eigenvalue weighted by Crippen LogP contribution is -2.45. The van der Waals surface area contributed by atoms with Gasteiger partial charge in [0.05, 0.1) is 35.4 Å². The number of alkyl halides is 3. The maximum atomic E-state index is 14.2. The van der Waals surface area contributed by atoms with Crippen molar-refractivity contribution in [1.82, 2.24) is 14.7 Å². The van der Waals surface area contributed by atoms with Crippen LogP contribution in [0, 0.1) is 5.82 Å². The molecule has 5 nitrogen and oxygen atoms in total. The zero-order valence-corrected chi connectivity index (χ0v) is 21.2. The fourth-order valence-electron chi connectivity index (χ4n) is 4.85. The van der Waals surface area contributed by atoms with Crippen molar-refractivity contribution < 1.29 is 27.1 Å². The van der Waals surface area contributed by atoms with E-state index in [0.29, 0.717) is 55.0 Å². The molecule has 36 heavy (non-hydrogen) atoms. The zero-order valence-electron chi connectivity index (χ0n) is 19.7. The fraction of sp³-hybridized carbons (Fsp3) is 0.480. The molecule has 0 N–H and O–H groups in total. The summed E-state index contributed by atoms with van der Waals surface area (Å²) in [5.41, 5.74) is 0.0267. The average molecular weight is 548 g/mol. The van der Waals surface area contributed by atoms with E-state index in [1.807, 2.05) is 18.0 Å². The molecule has 0 unspecified atom stereocenters. The number of benzene rings is 2. The molecule has 0 spiro atoms. The third-order valence-corrected chi connectivity index (χ3v) is 7.55. The highest BCUT2D eigenvalue weighted by molar-refractivity contribution is 6.42. The molecule has 0 bridgehead atoms. The molecule has 2 fully saturated rings. The van der Waals surface area contributed by atoms with Crippen LogP contribution in [0.25, 0.3) is 0 Å². The Bertz CT molecular complexity index is 1100. The van der Waals surface area contributed by atoms with Crippen molar-refractivity contribution in [2.75, 3.05) is 53.0 Å². The van der Waals surface area contributed by atoms with Gasteiger partial charge in [0.1, 0.15) is 5.82 Å². The molecule has 196 valence electrons. The van der Waals surface area contributed by atoms with E-state index >= 15 is 0 Å². The van der Waals surface area contributed by atoms with E-state index in [1.165, 1.54) is 6.07 Å². The Morgan fingerprint density at radius 2 is 1.81 bits per heavy atom. The largest absolute Gasteiger partial charge is 0.419 e. The van der Waals surface area contributed by atoms with E-state index < -0.39 is 17.6 Å². The Hall–Kier alpha value is -1.91. The second-order valence-corrected chi connectivity index (χ2v) is 10.1. The third kappa shape index (κ3) is 6.31. The lowest BCUT2D eigenvalue weighted by Gasteiger charge is -2.29. The molecule has 2 aliphatic rings. The highest BCUT2D eigenvalue weighted by atomic mass is 35.5. The van der Waals surface area contributed by atoms with Crippen molar-refractivity contribution >= 4 is 29.1 Å². The first-order valence-electron chi connectivity index (χ1n) is 11.6. The van der Waals surface area contributed by atoms with Crippen molar-refractivity contribution in [1.29, 1.82) is 0 Å². The van der Waals surface area contributed by atoms with Gasteiger partial charge in [-0.05, 0) is 42.4 Å². The molecule has 2 aromatic rings. The molecule has 2 aliphatic heterocycles. The summed E-state index contributed by atoms with van der Waals surface area (Å²) in [6.07, 6.45) is -4.75. The summed E-state index contributed by atoms with van der Waals surface area (Å²) in [6, 6.07) is 8.16. The Morgan fingerprint density at radius 3 is 2.44 bits per heavy atom. The van der Waals surface area contributed by atoms with Gasteiger partial charge in [-0.1, -0.05) is 35.3 Å². The van der Waals surface area contributed by atoms with Crippen LogP contribution in [0.3, 0.4) is 0 Å². The number of morpholine rings is 1. The van der Waals surface area contributed by atoms with Gasteiger partial charge in [-0.3, -0.25) is 14.6 Å². The molecule has 11 heteroatoms. The first-order chi connectivity index (χ1) is 17.0. The predicted molar refractivity (Wildman–Crippen MR) is 130 cm³/mol. The van der Waals surface area contributed by atoms with E-state index in [2.05, 4.69) is 4.90 Å². The number of carbonyl (C=O) groups is 1. The van der Waals surface area contributed by atoms with Crippen molar-refractivity contribution in [3.8, 4) is 0 Å². The number of nitrogens with zero attached hydrogens (tertiary/aromatic N) is 3. The lowest BCUT2D eigenvalue weighted by molar-refractivity contribution is -0.140. The molecule has 2 aromatic carbocycles. The first kappa shape index (κ1) is 27.1. The summed E-state index contributed by atoms with van der Waals surface area (Å²) in [6.45, 7) is 3.95. The van der Waals surface area contributed by atoms with Crippen LogP contribution in [0.5, 0.6) is 0 Å². The predicted octanol–water partition coefficient (Wildman–Crippen LogP) is 4.91. The van der Waals surface area contributed by atoms with Gasteiger partial charge in [-0.2, -0.15) is 13.2 Å². The van der Waals surface area contributed by atoms with Gasteiger partial charge in [0.15, 0.2) is 0 Å². The fourth-order valence-corrected chi connectivity index (χ4v) is 5.16. The highest BCUT2D eigenvalue weighted by Gasteiger charge is 2.39. The number of carbonyl (C=O) groups excluding carboxylic acids is 1. The number of likely N-dealkylation sites (tertiary alicyclic amines) is 1. The number of rotatable bonds is 6. The number of ether oxygens (including phenoxy) is 1. The smallest absolute Gasteiger partial charge is 0.379 e. The van der Waals surface area contributed by atoms with E-state index in [4.69, 9.17) is 27.9 Å². The first-order valence-corrected chi connectivity index (χ1v) is 12.4. The summed E-state index contributed by atoms with van der Waals surface area (Å²) in [5, 5.41) is 0.822. The standard InChI is InChI=1S/C25H27Cl2F4N3O2/c1-32(12-16-2-4-19(22(28)10-16)25(29,30)31)23-14-34(24(35)15-33-6-8-36-9-7-33)13-18(23)17-3-5-20(26)21(27)11-17/h2-5,10-11,18,23H,6-9,12-15H2,1H3/t18-,23-/m1/s1. The van der Waals surface area contributed by atoms with Crippen molar-refractivity contribution in [2.24, 2.45) is 0 Å². The van der Waals surface area contributed by atoms with E-state index in [1.54, 1.807) is 17.0 Å². The molecule has 0 saturated carbocycles. The Balaban J connectivity index is 1.53. The second-order valence-electron chi connectivity index (χ2n) is 9.26. The van der Waals surface area contributed by atoms with Gasteiger partial charge < -0.3 is 9.64 Å². The molecule has 0 aromatic heterocycles. The molecule has 2 saturated heterocycles. The van der Waals surface area contributed by atoms with Crippen LogP contribution in [-0.4, -0.2) is 79.6 Å². The van der Waals surface area contributed by atoms with Crippen LogP contribution in [0.1, 0.15) is 22.6 Å². The quantitative estimate of drug-likeness (QED) is 0.481. The number of hydrogen-bond acceptors (Lipinski definition) is 4. The number of amides is 1. The monoisotopic (exact) mass is 547 g/mol. The number of likely N-dealkylation sites (N-methyl/N-ethyl adjacent to an activating group) is 1. The Morgan fingerprint density at radius 1 is 1.08 bits per heavy atom. The molecule has 2 atom stereocenters.